The van der Waals surface area contributed by atoms with Gasteiger partial charge in [-0.05, 0) is 40.6 Å². The van der Waals surface area contributed by atoms with Gasteiger partial charge in [0.15, 0.2) is 0 Å². The number of carbonyl (C=O) groups excluding carboxylic acids is 1. The van der Waals surface area contributed by atoms with Gasteiger partial charge < -0.3 is 10.4 Å². The zero-order chi connectivity index (χ0) is 13.0. The summed E-state index contributed by atoms with van der Waals surface area (Å²) >= 11 is 4.84. The average molecular weight is 326 g/mol. The Morgan fingerprint density at radius 2 is 2.28 bits per heavy atom. The molecule has 2 aromatic rings. The first-order valence-electron chi connectivity index (χ1n) is 5.41. The fourth-order valence-electron chi connectivity index (χ4n) is 1.50. The summed E-state index contributed by atoms with van der Waals surface area (Å²) in [4.78, 5) is 11.8. The number of benzene rings is 1. The van der Waals surface area contributed by atoms with Gasteiger partial charge in [0.05, 0.1) is 6.10 Å². The largest absolute Gasteiger partial charge is 0.387 e. The van der Waals surface area contributed by atoms with E-state index < -0.39 is 6.10 Å². The van der Waals surface area contributed by atoms with Crippen LogP contribution in [0.3, 0.4) is 0 Å². The molecule has 0 aliphatic rings. The Morgan fingerprint density at radius 3 is 2.94 bits per heavy atom. The summed E-state index contributed by atoms with van der Waals surface area (Å²) in [5.74, 6) is -0.189. The Morgan fingerprint density at radius 1 is 1.44 bits per heavy atom. The van der Waals surface area contributed by atoms with Gasteiger partial charge in [0.25, 0.3) is 5.91 Å². The molecule has 18 heavy (non-hydrogen) atoms. The number of carbonyl (C=O) groups is 1. The van der Waals surface area contributed by atoms with Crippen LogP contribution in [0.2, 0.25) is 0 Å². The highest BCUT2D eigenvalue weighted by Crippen LogP contribution is 2.16. The average Bonchev–Trinajstić information content (AvgIpc) is 2.89. The van der Waals surface area contributed by atoms with Crippen molar-refractivity contribution in [3.63, 3.8) is 0 Å². The van der Waals surface area contributed by atoms with E-state index in [2.05, 4.69) is 21.2 Å². The standard InChI is InChI=1S/C13H12BrNO2S/c14-11-3-1-2-9(6-11)13(17)15-7-12(16)10-4-5-18-8-10/h1-6,8,12,16H,7H2,(H,15,17). The van der Waals surface area contributed by atoms with Crippen LogP contribution in [0.25, 0.3) is 0 Å². The predicted molar refractivity (Wildman–Crippen MR) is 75.8 cm³/mol. The second-order valence-electron chi connectivity index (χ2n) is 3.79. The number of aliphatic hydroxyl groups excluding tert-OH is 1. The van der Waals surface area contributed by atoms with Gasteiger partial charge in [0, 0.05) is 16.6 Å². The fraction of sp³-hybridized carbons (Fsp3) is 0.154. The smallest absolute Gasteiger partial charge is 0.251 e. The molecule has 0 bridgehead atoms. The number of hydrogen-bond acceptors (Lipinski definition) is 3. The number of halogens is 1. The molecule has 1 amide bonds. The van der Waals surface area contributed by atoms with Crippen LogP contribution >= 0.6 is 27.3 Å². The van der Waals surface area contributed by atoms with Gasteiger partial charge in [-0.15, -0.1) is 0 Å². The highest BCUT2D eigenvalue weighted by molar-refractivity contribution is 9.10. The number of thiophene rings is 1. The Balaban J connectivity index is 1.92. The maximum atomic E-state index is 11.8. The van der Waals surface area contributed by atoms with Crippen LogP contribution in [0.15, 0.2) is 45.6 Å². The third kappa shape index (κ3) is 3.41. The van der Waals surface area contributed by atoms with Crippen molar-refractivity contribution in [2.45, 2.75) is 6.10 Å². The zero-order valence-electron chi connectivity index (χ0n) is 9.47. The minimum absolute atomic E-state index is 0.189. The van der Waals surface area contributed by atoms with E-state index in [1.807, 2.05) is 22.9 Å². The highest BCUT2D eigenvalue weighted by atomic mass is 79.9. The molecule has 0 saturated heterocycles. The van der Waals surface area contributed by atoms with Crippen LogP contribution in [0.4, 0.5) is 0 Å². The molecule has 0 aliphatic heterocycles. The first kappa shape index (κ1) is 13.3. The van der Waals surface area contributed by atoms with Crippen molar-refractivity contribution < 1.29 is 9.90 Å². The number of nitrogens with one attached hydrogen (secondary N) is 1. The van der Waals surface area contributed by atoms with Crippen LogP contribution in [0, 0.1) is 0 Å². The summed E-state index contributed by atoms with van der Waals surface area (Å²) in [6.45, 7) is 0.210. The van der Waals surface area contributed by atoms with Crippen LogP contribution < -0.4 is 5.32 Å². The predicted octanol–water partition coefficient (Wildman–Crippen LogP) is 2.97. The highest BCUT2D eigenvalue weighted by Gasteiger charge is 2.11. The molecule has 0 saturated carbocycles. The first-order valence-corrected chi connectivity index (χ1v) is 7.14. The van der Waals surface area contributed by atoms with E-state index in [4.69, 9.17) is 0 Å². The monoisotopic (exact) mass is 325 g/mol. The summed E-state index contributed by atoms with van der Waals surface area (Å²) < 4.78 is 0.855. The molecular formula is C13H12BrNO2S. The van der Waals surface area contributed by atoms with Gasteiger partial charge in [0.1, 0.15) is 0 Å². The van der Waals surface area contributed by atoms with E-state index in [1.54, 1.807) is 18.2 Å². The Labute approximate surface area is 118 Å². The molecule has 2 rings (SSSR count). The second kappa shape index (κ2) is 6.13. The summed E-state index contributed by atoms with van der Waals surface area (Å²) in [6, 6.07) is 8.98. The molecule has 1 atom stereocenters. The lowest BCUT2D eigenvalue weighted by atomic mass is 10.2. The number of amides is 1. The van der Waals surface area contributed by atoms with Crippen LogP contribution in [0.1, 0.15) is 22.0 Å². The van der Waals surface area contributed by atoms with Crippen molar-refractivity contribution in [2.24, 2.45) is 0 Å². The van der Waals surface area contributed by atoms with Crippen LogP contribution in [0.5, 0.6) is 0 Å². The second-order valence-corrected chi connectivity index (χ2v) is 5.49. The summed E-state index contributed by atoms with van der Waals surface area (Å²) in [5.41, 5.74) is 1.40. The first-order chi connectivity index (χ1) is 8.66. The van der Waals surface area contributed by atoms with Crippen molar-refractivity contribution >= 4 is 33.2 Å². The van der Waals surface area contributed by atoms with Crippen molar-refractivity contribution in [1.82, 2.24) is 5.32 Å². The summed E-state index contributed by atoms with van der Waals surface area (Å²) in [6.07, 6.45) is -0.660. The van der Waals surface area contributed by atoms with E-state index in [0.717, 1.165) is 10.0 Å². The molecule has 0 fully saturated rings. The quantitative estimate of drug-likeness (QED) is 0.907. The lowest BCUT2D eigenvalue weighted by molar-refractivity contribution is 0.0916. The molecule has 0 radical (unpaired) electrons. The normalized spacial score (nSPS) is 12.1. The van der Waals surface area contributed by atoms with E-state index in [-0.39, 0.29) is 12.5 Å². The molecule has 0 aliphatic carbocycles. The minimum Gasteiger partial charge on any atom is -0.387 e. The van der Waals surface area contributed by atoms with E-state index in [0.29, 0.717) is 5.56 Å². The van der Waals surface area contributed by atoms with Crippen molar-refractivity contribution in [2.75, 3.05) is 6.54 Å². The van der Waals surface area contributed by atoms with Gasteiger partial charge in [-0.2, -0.15) is 11.3 Å². The molecule has 94 valence electrons. The molecule has 1 aromatic carbocycles. The van der Waals surface area contributed by atoms with Gasteiger partial charge in [-0.1, -0.05) is 22.0 Å². The maximum Gasteiger partial charge on any atom is 0.251 e. The molecule has 1 heterocycles. The van der Waals surface area contributed by atoms with E-state index in [1.165, 1.54) is 11.3 Å². The van der Waals surface area contributed by atoms with Crippen LogP contribution in [-0.2, 0) is 0 Å². The number of hydrogen-bond donors (Lipinski definition) is 2. The van der Waals surface area contributed by atoms with Gasteiger partial charge >= 0.3 is 0 Å². The topological polar surface area (TPSA) is 49.3 Å². The number of rotatable bonds is 4. The molecule has 0 spiro atoms. The minimum atomic E-state index is -0.660. The molecule has 1 unspecified atom stereocenters. The van der Waals surface area contributed by atoms with Gasteiger partial charge in [0.2, 0.25) is 0 Å². The SMILES string of the molecule is O=C(NCC(O)c1ccsc1)c1cccc(Br)c1. The lowest BCUT2D eigenvalue weighted by Crippen LogP contribution is -2.28. The van der Waals surface area contributed by atoms with Crippen LogP contribution in [-0.4, -0.2) is 17.6 Å². The molecule has 5 heteroatoms. The Kier molecular flexibility index (Phi) is 4.52. The fourth-order valence-corrected chi connectivity index (χ4v) is 2.61. The molecule has 1 aromatic heterocycles. The summed E-state index contributed by atoms with van der Waals surface area (Å²) in [7, 11) is 0. The van der Waals surface area contributed by atoms with Gasteiger partial charge in [-0.3, -0.25) is 4.79 Å². The zero-order valence-corrected chi connectivity index (χ0v) is 11.9. The molecule has 2 N–H and O–H groups in total. The lowest BCUT2D eigenvalue weighted by Gasteiger charge is -2.10. The van der Waals surface area contributed by atoms with Gasteiger partial charge in [-0.25, -0.2) is 0 Å². The van der Waals surface area contributed by atoms with Crippen molar-refractivity contribution in [1.29, 1.82) is 0 Å². The van der Waals surface area contributed by atoms with E-state index in [9.17, 15) is 9.90 Å². The third-order valence-electron chi connectivity index (χ3n) is 2.47. The van der Waals surface area contributed by atoms with E-state index >= 15 is 0 Å². The molecular weight excluding hydrogens is 314 g/mol. The molecule has 3 nitrogen and oxygen atoms in total. The van der Waals surface area contributed by atoms with Crippen molar-refractivity contribution in [3.05, 3.63) is 56.7 Å². The maximum absolute atomic E-state index is 11.8. The van der Waals surface area contributed by atoms with Crippen molar-refractivity contribution in [3.8, 4) is 0 Å². The Bertz CT molecular complexity index is 528. The Hall–Kier alpha value is -1.17. The summed E-state index contributed by atoms with van der Waals surface area (Å²) in [5, 5.41) is 16.3. The third-order valence-corrected chi connectivity index (χ3v) is 3.67. The number of aliphatic hydroxyl groups is 1.